The molecule has 4 rings (SSSR count). The molecule has 2 aliphatic rings. The van der Waals surface area contributed by atoms with E-state index >= 15 is 0 Å². The summed E-state index contributed by atoms with van der Waals surface area (Å²) in [6.45, 7) is 4.08. The first-order valence-corrected chi connectivity index (χ1v) is 11.9. The van der Waals surface area contributed by atoms with E-state index in [2.05, 4.69) is 5.32 Å². The molecule has 9 nitrogen and oxygen atoms in total. The van der Waals surface area contributed by atoms with Gasteiger partial charge in [-0.15, -0.1) is 11.8 Å². The zero-order valence-electron chi connectivity index (χ0n) is 18.4. The Labute approximate surface area is 196 Å². The molecule has 2 aromatic carbocycles. The van der Waals surface area contributed by atoms with E-state index in [0.717, 1.165) is 5.75 Å². The molecule has 2 fully saturated rings. The molecule has 1 N–H and O–H groups in total. The largest absolute Gasteiger partial charge is 0.492 e. The molecule has 33 heavy (non-hydrogen) atoms. The Balaban J connectivity index is 1.41. The normalized spacial score (nSPS) is 17.1. The van der Waals surface area contributed by atoms with Gasteiger partial charge in [0.05, 0.1) is 22.1 Å². The van der Waals surface area contributed by atoms with Crippen LogP contribution in [-0.4, -0.2) is 63.5 Å². The number of urea groups is 1. The summed E-state index contributed by atoms with van der Waals surface area (Å²) in [7, 11) is 0. The summed E-state index contributed by atoms with van der Waals surface area (Å²) in [4.78, 5) is 39.8. The number of benzene rings is 2. The highest BCUT2D eigenvalue weighted by Crippen LogP contribution is 2.44. The van der Waals surface area contributed by atoms with Crippen LogP contribution in [0.4, 0.5) is 16.2 Å². The Morgan fingerprint density at radius 1 is 1.12 bits per heavy atom. The van der Waals surface area contributed by atoms with Gasteiger partial charge in [-0.05, 0) is 44.0 Å². The summed E-state index contributed by atoms with van der Waals surface area (Å²) in [5, 5.41) is 13.8. The number of nitrogens with zero attached hydrogens (tertiary/aromatic N) is 3. The zero-order chi connectivity index (χ0) is 23.4. The predicted molar refractivity (Wildman–Crippen MR) is 127 cm³/mol. The number of ether oxygens (including phenoxy) is 1. The lowest BCUT2D eigenvalue weighted by molar-refractivity contribution is -0.384. The van der Waals surface area contributed by atoms with Crippen LogP contribution in [0.5, 0.6) is 5.75 Å². The van der Waals surface area contributed by atoms with Crippen LogP contribution in [0.25, 0.3) is 0 Å². The topological polar surface area (TPSA) is 105 Å². The first kappa shape index (κ1) is 22.9. The Hall–Kier alpha value is -3.27. The van der Waals surface area contributed by atoms with Crippen molar-refractivity contribution in [2.24, 2.45) is 0 Å². The molecular formula is C23H26N4O5S. The van der Waals surface area contributed by atoms with Crippen molar-refractivity contribution in [2.75, 3.05) is 37.3 Å². The summed E-state index contributed by atoms with van der Waals surface area (Å²) in [6.07, 6.45) is 1.33. The van der Waals surface area contributed by atoms with Gasteiger partial charge >= 0.3 is 6.03 Å². The van der Waals surface area contributed by atoms with Crippen LogP contribution in [0.2, 0.25) is 0 Å². The monoisotopic (exact) mass is 470 g/mol. The number of hydrogen-bond acceptors (Lipinski definition) is 6. The first-order valence-electron chi connectivity index (χ1n) is 10.9. The average Bonchev–Trinajstić information content (AvgIpc) is 3.23. The van der Waals surface area contributed by atoms with Gasteiger partial charge in [0.25, 0.3) is 11.6 Å². The number of carbonyl (C=O) groups excluding carboxylic acids is 2. The molecule has 10 heteroatoms. The SMILES string of the molecule is CCOc1ccccc1NC(=O)N1CCC2(CC1)SCCN2C(=O)c1ccc([N+](=O)[O-])cc1. The Kier molecular flexibility index (Phi) is 6.73. The molecule has 0 atom stereocenters. The quantitative estimate of drug-likeness (QED) is 0.519. The highest BCUT2D eigenvalue weighted by atomic mass is 32.2. The molecule has 2 saturated heterocycles. The van der Waals surface area contributed by atoms with E-state index in [1.807, 2.05) is 36.1 Å². The van der Waals surface area contributed by atoms with Crippen LogP contribution in [0.15, 0.2) is 48.5 Å². The highest BCUT2D eigenvalue weighted by Gasteiger charge is 2.47. The number of thioether (sulfide) groups is 1. The summed E-state index contributed by atoms with van der Waals surface area (Å²) >= 11 is 1.75. The fraction of sp³-hybridized carbons (Fsp3) is 0.391. The van der Waals surface area contributed by atoms with Gasteiger partial charge in [-0.1, -0.05) is 12.1 Å². The molecule has 174 valence electrons. The third kappa shape index (κ3) is 4.75. The predicted octanol–water partition coefficient (Wildman–Crippen LogP) is 4.21. The second kappa shape index (κ2) is 9.70. The lowest BCUT2D eigenvalue weighted by Crippen LogP contribution is -2.54. The molecule has 2 heterocycles. The first-order chi connectivity index (χ1) is 15.9. The third-order valence-corrected chi connectivity index (χ3v) is 7.56. The molecule has 2 aliphatic heterocycles. The van der Waals surface area contributed by atoms with Gasteiger partial charge in [0, 0.05) is 43.1 Å². The lowest BCUT2D eigenvalue weighted by atomic mass is 10.0. The minimum atomic E-state index is -0.477. The van der Waals surface area contributed by atoms with E-state index in [9.17, 15) is 19.7 Å². The van der Waals surface area contributed by atoms with E-state index < -0.39 is 4.92 Å². The molecule has 1 spiro atoms. The molecule has 0 bridgehead atoms. The lowest BCUT2D eigenvalue weighted by Gasteiger charge is -2.44. The number of anilines is 1. The number of amides is 3. The maximum absolute atomic E-state index is 13.2. The number of rotatable bonds is 5. The van der Waals surface area contributed by atoms with E-state index in [4.69, 9.17) is 4.74 Å². The van der Waals surface area contributed by atoms with Gasteiger partial charge in [-0.3, -0.25) is 14.9 Å². The minimum Gasteiger partial charge on any atom is -0.492 e. The van der Waals surface area contributed by atoms with Gasteiger partial charge in [0.2, 0.25) is 0 Å². The van der Waals surface area contributed by atoms with Gasteiger partial charge in [0.15, 0.2) is 0 Å². The molecule has 3 amide bonds. The highest BCUT2D eigenvalue weighted by molar-refractivity contribution is 8.00. The molecule has 0 unspecified atom stereocenters. The number of carbonyl (C=O) groups is 2. The summed E-state index contributed by atoms with van der Waals surface area (Å²) in [5.41, 5.74) is 1.03. The van der Waals surface area contributed by atoms with Crippen LogP contribution in [0.3, 0.4) is 0 Å². The molecule has 2 aromatic rings. The van der Waals surface area contributed by atoms with E-state index in [-0.39, 0.29) is 22.5 Å². The standard InChI is InChI=1S/C23H26N4O5S/c1-2-32-20-6-4-3-5-19(20)24-22(29)25-13-11-23(12-14-25)26(15-16-33-23)21(28)17-7-9-18(10-8-17)27(30)31/h3-10H,2,11-16H2,1H3,(H,24,29). The summed E-state index contributed by atoms with van der Waals surface area (Å²) in [6, 6.07) is 12.9. The minimum absolute atomic E-state index is 0.0395. The van der Waals surface area contributed by atoms with E-state index in [1.165, 1.54) is 24.3 Å². The molecule has 0 aliphatic carbocycles. The second-order valence-corrected chi connectivity index (χ2v) is 9.36. The van der Waals surface area contributed by atoms with Crippen LogP contribution < -0.4 is 10.1 Å². The number of likely N-dealkylation sites (tertiary alicyclic amines) is 1. The molecule has 0 radical (unpaired) electrons. The van der Waals surface area contributed by atoms with Crippen LogP contribution >= 0.6 is 11.8 Å². The number of para-hydroxylation sites is 2. The summed E-state index contributed by atoms with van der Waals surface area (Å²) in [5.74, 6) is 1.33. The molecule has 0 saturated carbocycles. The van der Waals surface area contributed by atoms with Crippen molar-refractivity contribution in [1.29, 1.82) is 0 Å². The maximum atomic E-state index is 13.2. The summed E-state index contributed by atoms with van der Waals surface area (Å²) < 4.78 is 5.59. The van der Waals surface area contributed by atoms with Crippen molar-refractivity contribution in [2.45, 2.75) is 24.6 Å². The number of nitro benzene ring substituents is 1. The maximum Gasteiger partial charge on any atom is 0.321 e. The van der Waals surface area contributed by atoms with Crippen LogP contribution in [-0.2, 0) is 0 Å². The number of nitro groups is 1. The number of non-ortho nitro benzene ring substituents is 1. The molecule has 0 aromatic heterocycles. The van der Waals surface area contributed by atoms with Crippen LogP contribution in [0.1, 0.15) is 30.1 Å². The van der Waals surface area contributed by atoms with Crippen molar-refractivity contribution in [1.82, 2.24) is 9.80 Å². The Morgan fingerprint density at radius 3 is 2.48 bits per heavy atom. The van der Waals surface area contributed by atoms with Crippen molar-refractivity contribution in [3.05, 3.63) is 64.2 Å². The van der Waals surface area contributed by atoms with E-state index in [1.54, 1.807) is 16.7 Å². The van der Waals surface area contributed by atoms with Crippen molar-refractivity contribution < 1.29 is 19.2 Å². The average molecular weight is 471 g/mol. The van der Waals surface area contributed by atoms with Crippen LogP contribution in [0, 0.1) is 10.1 Å². The fourth-order valence-corrected chi connectivity index (χ4v) is 5.75. The van der Waals surface area contributed by atoms with E-state index in [0.29, 0.717) is 56.1 Å². The zero-order valence-corrected chi connectivity index (χ0v) is 19.2. The second-order valence-electron chi connectivity index (χ2n) is 7.90. The number of nitrogens with one attached hydrogen (secondary N) is 1. The van der Waals surface area contributed by atoms with Crippen molar-refractivity contribution in [3.8, 4) is 5.75 Å². The van der Waals surface area contributed by atoms with Crippen molar-refractivity contribution in [3.63, 3.8) is 0 Å². The number of hydrogen-bond donors (Lipinski definition) is 1. The molecular weight excluding hydrogens is 444 g/mol. The number of piperidine rings is 1. The van der Waals surface area contributed by atoms with Crippen molar-refractivity contribution >= 4 is 35.1 Å². The van der Waals surface area contributed by atoms with Gasteiger partial charge in [-0.25, -0.2) is 4.79 Å². The van der Waals surface area contributed by atoms with Gasteiger partial charge < -0.3 is 19.9 Å². The smallest absolute Gasteiger partial charge is 0.321 e. The third-order valence-electron chi connectivity index (χ3n) is 6.01. The Morgan fingerprint density at radius 2 is 1.82 bits per heavy atom. The van der Waals surface area contributed by atoms with Gasteiger partial charge in [0.1, 0.15) is 5.75 Å². The Bertz CT molecular complexity index is 1040. The van der Waals surface area contributed by atoms with Gasteiger partial charge in [-0.2, -0.15) is 0 Å². The fourth-order valence-electron chi connectivity index (χ4n) is 4.30.